The number of rotatable bonds is 1. The predicted octanol–water partition coefficient (Wildman–Crippen LogP) is 1.75. The first-order valence-electron chi connectivity index (χ1n) is 5.10. The van der Waals surface area contributed by atoms with Crippen molar-refractivity contribution < 1.29 is 19.0 Å². The Bertz CT molecular complexity index is 331. The second-order valence-corrected chi connectivity index (χ2v) is 4.61. The SMILES string of the molecule is CC(=O)OC1=CC[C@H]2OC(C)(C)O[C@@]12C. The van der Waals surface area contributed by atoms with Crippen molar-refractivity contribution in [2.45, 2.75) is 51.6 Å². The van der Waals surface area contributed by atoms with Crippen molar-refractivity contribution in [1.29, 1.82) is 0 Å². The third kappa shape index (κ3) is 1.68. The van der Waals surface area contributed by atoms with E-state index in [1.807, 2.05) is 26.8 Å². The van der Waals surface area contributed by atoms with Gasteiger partial charge in [0.15, 0.2) is 11.4 Å². The molecule has 0 aromatic rings. The maximum atomic E-state index is 10.9. The van der Waals surface area contributed by atoms with Gasteiger partial charge in [0.1, 0.15) is 11.9 Å². The van der Waals surface area contributed by atoms with Crippen LogP contribution in [0.4, 0.5) is 0 Å². The minimum absolute atomic E-state index is 0.0538. The first kappa shape index (κ1) is 10.6. The molecule has 15 heavy (non-hydrogen) atoms. The van der Waals surface area contributed by atoms with E-state index >= 15 is 0 Å². The molecule has 0 radical (unpaired) electrons. The average molecular weight is 212 g/mol. The van der Waals surface area contributed by atoms with Crippen molar-refractivity contribution in [2.24, 2.45) is 0 Å². The summed E-state index contributed by atoms with van der Waals surface area (Å²) in [5.41, 5.74) is -0.616. The molecule has 4 nitrogen and oxygen atoms in total. The van der Waals surface area contributed by atoms with Gasteiger partial charge in [-0.3, -0.25) is 4.79 Å². The molecule has 2 aliphatic rings. The van der Waals surface area contributed by atoms with Crippen LogP contribution in [0.5, 0.6) is 0 Å². The van der Waals surface area contributed by atoms with Crippen LogP contribution in [0.1, 0.15) is 34.1 Å². The van der Waals surface area contributed by atoms with E-state index in [-0.39, 0.29) is 12.1 Å². The zero-order chi connectivity index (χ0) is 11.3. The van der Waals surface area contributed by atoms with Crippen LogP contribution in [0, 0.1) is 0 Å². The predicted molar refractivity (Wildman–Crippen MR) is 52.9 cm³/mol. The summed E-state index contributed by atoms with van der Waals surface area (Å²) in [4.78, 5) is 10.9. The highest BCUT2D eigenvalue weighted by atomic mass is 16.8. The molecule has 4 heteroatoms. The van der Waals surface area contributed by atoms with Crippen molar-refractivity contribution in [1.82, 2.24) is 0 Å². The maximum absolute atomic E-state index is 10.9. The Hall–Kier alpha value is -0.870. The molecular weight excluding hydrogens is 196 g/mol. The summed E-state index contributed by atoms with van der Waals surface area (Å²) in [6.45, 7) is 7.01. The number of hydrogen-bond acceptors (Lipinski definition) is 4. The van der Waals surface area contributed by atoms with Crippen LogP contribution in [-0.2, 0) is 19.0 Å². The van der Waals surface area contributed by atoms with Gasteiger partial charge < -0.3 is 14.2 Å². The van der Waals surface area contributed by atoms with Gasteiger partial charge in [-0.05, 0) is 33.3 Å². The quantitative estimate of drug-likeness (QED) is 0.621. The molecule has 0 bridgehead atoms. The number of esters is 1. The molecule has 1 aliphatic carbocycles. The molecule has 0 aromatic heterocycles. The maximum Gasteiger partial charge on any atom is 0.307 e. The minimum atomic E-state index is -0.616. The summed E-state index contributed by atoms with van der Waals surface area (Å²) >= 11 is 0. The highest BCUT2D eigenvalue weighted by molar-refractivity contribution is 5.67. The smallest absolute Gasteiger partial charge is 0.307 e. The highest BCUT2D eigenvalue weighted by Crippen LogP contribution is 2.46. The van der Waals surface area contributed by atoms with Gasteiger partial charge in [0.25, 0.3) is 0 Å². The topological polar surface area (TPSA) is 44.8 Å². The third-order valence-electron chi connectivity index (χ3n) is 2.76. The number of ether oxygens (including phenoxy) is 3. The standard InChI is InChI=1S/C11H16O4/c1-7(12)13-8-5-6-9-11(8,4)15-10(2,3)14-9/h5,9H,6H2,1-4H3/t9-,11+/m1/s1. The Balaban J connectivity index is 2.21. The van der Waals surface area contributed by atoms with E-state index in [1.54, 1.807) is 0 Å². The summed E-state index contributed by atoms with van der Waals surface area (Å²) in [5, 5.41) is 0. The fourth-order valence-corrected chi connectivity index (χ4v) is 2.25. The molecule has 0 spiro atoms. The van der Waals surface area contributed by atoms with Crippen LogP contribution in [0.15, 0.2) is 11.8 Å². The van der Waals surface area contributed by atoms with E-state index < -0.39 is 11.4 Å². The molecule has 0 amide bonds. The number of hydrogen-bond donors (Lipinski definition) is 0. The number of carbonyl (C=O) groups excluding carboxylic acids is 1. The van der Waals surface area contributed by atoms with Gasteiger partial charge in [0.2, 0.25) is 0 Å². The van der Waals surface area contributed by atoms with Crippen LogP contribution < -0.4 is 0 Å². The Morgan fingerprint density at radius 2 is 2.20 bits per heavy atom. The number of fused-ring (bicyclic) bond motifs is 1. The van der Waals surface area contributed by atoms with E-state index in [9.17, 15) is 4.79 Å². The molecule has 1 saturated heterocycles. The molecule has 0 N–H and O–H groups in total. The van der Waals surface area contributed by atoms with E-state index in [0.29, 0.717) is 5.76 Å². The zero-order valence-corrected chi connectivity index (χ0v) is 9.49. The molecule has 1 heterocycles. The highest BCUT2D eigenvalue weighted by Gasteiger charge is 2.56. The molecular formula is C11H16O4. The summed E-state index contributed by atoms with van der Waals surface area (Å²) in [5.74, 6) is -0.360. The Labute approximate surface area is 89.2 Å². The molecule has 0 aromatic carbocycles. The van der Waals surface area contributed by atoms with Gasteiger partial charge in [0, 0.05) is 6.92 Å². The monoisotopic (exact) mass is 212 g/mol. The molecule has 2 rings (SSSR count). The Morgan fingerprint density at radius 3 is 2.80 bits per heavy atom. The summed E-state index contributed by atoms with van der Waals surface area (Å²) in [6.07, 6.45) is 2.53. The van der Waals surface area contributed by atoms with Crippen LogP contribution in [0.2, 0.25) is 0 Å². The lowest BCUT2D eigenvalue weighted by molar-refractivity contribution is -0.165. The van der Waals surface area contributed by atoms with Crippen LogP contribution in [0.25, 0.3) is 0 Å². The molecule has 1 fully saturated rings. The summed E-state index contributed by atoms with van der Waals surface area (Å²) < 4.78 is 16.7. The molecule has 0 saturated carbocycles. The van der Waals surface area contributed by atoms with E-state index in [2.05, 4.69) is 0 Å². The molecule has 84 valence electrons. The molecule has 1 aliphatic heterocycles. The largest absolute Gasteiger partial charge is 0.428 e. The fourth-order valence-electron chi connectivity index (χ4n) is 2.25. The minimum Gasteiger partial charge on any atom is -0.428 e. The van der Waals surface area contributed by atoms with Gasteiger partial charge in [0.05, 0.1) is 0 Å². The summed E-state index contributed by atoms with van der Waals surface area (Å²) in [7, 11) is 0. The van der Waals surface area contributed by atoms with Crippen molar-refractivity contribution in [3.05, 3.63) is 11.8 Å². The van der Waals surface area contributed by atoms with E-state index in [1.165, 1.54) is 6.92 Å². The van der Waals surface area contributed by atoms with Crippen LogP contribution in [-0.4, -0.2) is 23.5 Å². The molecule has 2 atom stereocenters. The van der Waals surface area contributed by atoms with Crippen molar-refractivity contribution in [3.63, 3.8) is 0 Å². The number of carbonyl (C=O) groups is 1. The van der Waals surface area contributed by atoms with Crippen molar-refractivity contribution in [3.8, 4) is 0 Å². The lowest BCUT2D eigenvalue weighted by Crippen LogP contribution is -2.36. The van der Waals surface area contributed by atoms with E-state index in [0.717, 1.165) is 6.42 Å². The second kappa shape index (κ2) is 3.06. The van der Waals surface area contributed by atoms with Crippen molar-refractivity contribution >= 4 is 5.97 Å². The van der Waals surface area contributed by atoms with Crippen LogP contribution in [0.3, 0.4) is 0 Å². The summed E-state index contributed by atoms with van der Waals surface area (Å²) in [6, 6.07) is 0. The molecule has 0 unspecified atom stereocenters. The van der Waals surface area contributed by atoms with Gasteiger partial charge >= 0.3 is 5.97 Å². The van der Waals surface area contributed by atoms with E-state index in [4.69, 9.17) is 14.2 Å². The fraction of sp³-hybridized carbons (Fsp3) is 0.727. The van der Waals surface area contributed by atoms with Gasteiger partial charge in [-0.2, -0.15) is 0 Å². The Kier molecular flexibility index (Phi) is 2.17. The van der Waals surface area contributed by atoms with Crippen molar-refractivity contribution in [2.75, 3.05) is 0 Å². The van der Waals surface area contributed by atoms with Gasteiger partial charge in [-0.15, -0.1) is 0 Å². The van der Waals surface area contributed by atoms with Gasteiger partial charge in [-0.25, -0.2) is 0 Å². The average Bonchev–Trinajstić information content (AvgIpc) is 2.42. The second-order valence-electron chi connectivity index (χ2n) is 4.61. The van der Waals surface area contributed by atoms with Gasteiger partial charge in [-0.1, -0.05) is 0 Å². The lowest BCUT2D eigenvalue weighted by atomic mass is 10.0. The zero-order valence-electron chi connectivity index (χ0n) is 9.49. The Morgan fingerprint density at radius 1 is 1.53 bits per heavy atom. The third-order valence-corrected chi connectivity index (χ3v) is 2.76. The normalized spacial score (nSPS) is 37.3. The first-order chi connectivity index (χ1) is 6.83. The van der Waals surface area contributed by atoms with Crippen LogP contribution >= 0.6 is 0 Å². The first-order valence-corrected chi connectivity index (χ1v) is 5.10. The lowest BCUT2D eigenvalue weighted by Gasteiger charge is -2.25.